The number of carbonyl (C=O) groups excluding carboxylic acids is 1. The van der Waals surface area contributed by atoms with Crippen molar-refractivity contribution < 1.29 is 13.6 Å². The van der Waals surface area contributed by atoms with Gasteiger partial charge >= 0.3 is 0 Å². The van der Waals surface area contributed by atoms with Crippen molar-refractivity contribution in [2.45, 2.75) is 33.6 Å². The maximum absolute atomic E-state index is 13.6. The number of halogens is 2. The number of benzene rings is 2. The SMILES string of the molecule is Cc1nn(-c2ccc(F)cc2)c2nc(CCC(C)C)nc(N3CCN(C(=O)c4ccc(F)cc4)CC3)c12. The number of aryl methyl sites for hydroxylation is 2. The Kier molecular flexibility index (Phi) is 6.86. The third-order valence-electron chi connectivity index (χ3n) is 6.70. The van der Waals surface area contributed by atoms with E-state index in [0.717, 1.165) is 41.3 Å². The molecule has 192 valence electrons. The van der Waals surface area contributed by atoms with E-state index < -0.39 is 0 Å². The zero-order chi connectivity index (χ0) is 26.1. The van der Waals surface area contributed by atoms with Crippen LogP contribution in [0.2, 0.25) is 0 Å². The number of fused-ring (bicyclic) bond motifs is 1. The van der Waals surface area contributed by atoms with Crippen molar-refractivity contribution in [1.82, 2.24) is 24.6 Å². The summed E-state index contributed by atoms with van der Waals surface area (Å²) in [5.41, 5.74) is 2.69. The van der Waals surface area contributed by atoms with Crippen LogP contribution in [-0.4, -0.2) is 56.7 Å². The van der Waals surface area contributed by atoms with E-state index in [2.05, 4.69) is 18.7 Å². The predicted molar refractivity (Wildman–Crippen MR) is 139 cm³/mol. The van der Waals surface area contributed by atoms with Gasteiger partial charge in [0.2, 0.25) is 0 Å². The fraction of sp³-hybridized carbons (Fsp3) is 0.357. The van der Waals surface area contributed by atoms with E-state index in [9.17, 15) is 13.6 Å². The van der Waals surface area contributed by atoms with E-state index in [0.29, 0.717) is 43.3 Å². The topological polar surface area (TPSA) is 67.2 Å². The fourth-order valence-corrected chi connectivity index (χ4v) is 4.62. The molecule has 9 heteroatoms. The smallest absolute Gasteiger partial charge is 0.253 e. The molecule has 2 aromatic carbocycles. The summed E-state index contributed by atoms with van der Waals surface area (Å²) >= 11 is 0. The molecule has 5 rings (SSSR count). The summed E-state index contributed by atoms with van der Waals surface area (Å²) in [4.78, 5) is 26.8. The average Bonchev–Trinajstić information content (AvgIpc) is 3.24. The van der Waals surface area contributed by atoms with Crippen molar-refractivity contribution in [3.63, 3.8) is 0 Å². The highest BCUT2D eigenvalue weighted by molar-refractivity contribution is 5.95. The first-order valence-electron chi connectivity index (χ1n) is 12.6. The second-order valence-corrected chi connectivity index (χ2v) is 9.85. The van der Waals surface area contributed by atoms with Crippen LogP contribution < -0.4 is 4.90 Å². The standard InChI is InChI=1S/C28H30F2N6O/c1-18(2)4-13-24-31-26(25-19(3)33-36(27(25)32-24)23-11-9-22(30)10-12-23)34-14-16-35(17-15-34)28(37)20-5-7-21(29)8-6-20/h5-12,18H,4,13-17H2,1-3H3. The number of aromatic nitrogens is 4. The summed E-state index contributed by atoms with van der Waals surface area (Å²) in [6.07, 6.45) is 1.69. The second-order valence-electron chi connectivity index (χ2n) is 9.85. The molecule has 7 nitrogen and oxygen atoms in total. The van der Waals surface area contributed by atoms with E-state index >= 15 is 0 Å². The van der Waals surface area contributed by atoms with E-state index in [-0.39, 0.29) is 17.5 Å². The molecule has 0 radical (unpaired) electrons. The number of nitrogens with zero attached hydrogens (tertiary/aromatic N) is 6. The van der Waals surface area contributed by atoms with Crippen molar-refractivity contribution in [3.8, 4) is 5.69 Å². The van der Waals surface area contributed by atoms with Gasteiger partial charge in [-0.15, -0.1) is 0 Å². The molecule has 0 N–H and O–H groups in total. The Morgan fingerprint density at radius 2 is 1.54 bits per heavy atom. The minimum Gasteiger partial charge on any atom is -0.352 e. The summed E-state index contributed by atoms with van der Waals surface area (Å²) < 4.78 is 28.6. The Morgan fingerprint density at radius 1 is 0.919 bits per heavy atom. The number of anilines is 1. The Hall–Kier alpha value is -3.88. The van der Waals surface area contributed by atoms with Crippen molar-refractivity contribution in [2.24, 2.45) is 5.92 Å². The summed E-state index contributed by atoms with van der Waals surface area (Å²) in [5.74, 6) is 1.28. The fourth-order valence-electron chi connectivity index (χ4n) is 4.62. The van der Waals surface area contributed by atoms with Gasteiger partial charge < -0.3 is 9.80 Å². The zero-order valence-corrected chi connectivity index (χ0v) is 21.3. The summed E-state index contributed by atoms with van der Waals surface area (Å²) in [7, 11) is 0. The monoisotopic (exact) mass is 504 g/mol. The van der Waals surface area contributed by atoms with E-state index in [1.807, 2.05) is 6.92 Å². The summed E-state index contributed by atoms with van der Waals surface area (Å²) in [5, 5.41) is 5.60. The number of piperazine rings is 1. The zero-order valence-electron chi connectivity index (χ0n) is 21.3. The minimum absolute atomic E-state index is 0.106. The first kappa shape index (κ1) is 24.8. The molecule has 4 aromatic rings. The van der Waals surface area contributed by atoms with Gasteiger partial charge in [0.1, 0.15) is 23.3 Å². The Bertz CT molecular complexity index is 1410. The van der Waals surface area contributed by atoms with E-state index in [4.69, 9.17) is 15.1 Å². The van der Waals surface area contributed by atoms with Crippen LogP contribution in [0.4, 0.5) is 14.6 Å². The van der Waals surface area contributed by atoms with Gasteiger partial charge in [0.05, 0.1) is 16.8 Å². The van der Waals surface area contributed by atoms with Crippen LogP contribution >= 0.6 is 0 Å². The quantitative estimate of drug-likeness (QED) is 0.372. The molecule has 1 amide bonds. The highest BCUT2D eigenvalue weighted by Crippen LogP contribution is 2.30. The van der Waals surface area contributed by atoms with Gasteiger partial charge in [-0.1, -0.05) is 13.8 Å². The Balaban J connectivity index is 1.47. The number of rotatable bonds is 6. The molecule has 1 aliphatic rings. The van der Waals surface area contributed by atoms with Crippen molar-refractivity contribution in [2.75, 3.05) is 31.1 Å². The van der Waals surface area contributed by atoms with Crippen LogP contribution in [-0.2, 0) is 6.42 Å². The third kappa shape index (κ3) is 5.16. The molecule has 37 heavy (non-hydrogen) atoms. The van der Waals surface area contributed by atoms with Gasteiger partial charge in [-0.05, 0) is 67.8 Å². The van der Waals surface area contributed by atoms with Gasteiger partial charge in [0.25, 0.3) is 5.91 Å². The Labute approximate surface area is 214 Å². The van der Waals surface area contributed by atoms with Gasteiger partial charge in [0, 0.05) is 38.2 Å². The average molecular weight is 505 g/mol. The number of amides is 1. The predicted octanol–water partition coefficient (Wildman–Crippen LogP) is 4.95. The lowest BCUT2D eigenvalue weighted by atomic mass is 10.1. The van der Waals surface area contributed by atoms with Crippen LogP contribution in [0.15, 0.2) is 48.5 Å². The highest BCUT2D eigenvalue weighted by Gasteiger charge is 2.27. The van der Waals surface area contributed by atoms with Crippen molar-refractivity contribution >= 4 is 22.8 Å². The summed E-state index contributed by atoms with van der Waals surface area (Å²) in [6, 6.07) is 11.9. The maximum atomic E-state index is 13.6. The van der Waals surface area contributed by atoms with Gasteiger partial charge in [-0.2, -0.15) is 5.10 Å². The molecule has 1 saturated heterocycles. The maximum Gasteiger partial charge on any atom is 0.253 e. The first-order valence-corrected chi connectivity index (χ1v) is 12.6. The molecule has 1 fully saturated rings. The molecule has 3 heterocycles. The van der Waals surface area contributed by atoms with Crippen LogP contribution in [0, 0.1) is 24.5 Å². The lowest BCUT2D eigenvalue weighted by molar-refractivity contribution is 0.0746. The molecule has 2 aromatic heterocycles. The highest BCUT2D eigenvalue weighted by atomic mass is 19.1. The van der Waals surface area contributed by atoms with Crippen LogP contribution in [0.1, 0.15) is 42.1 Å². The lowest BCUT2D eigenvalue weighted by Crippen LogP contribution is -2.49. The largest absolute Gasteiger partial charge is 0.352 e. The van der Waals surface area contributed by atoms with Crippen molar-refractivity contribution in [1.29, 1.82) is 0 Å². The number of carbonyl (C=O) groups is 1. The molecule has 0 spiro atoms. The molecule has 0 bridgehead atoms. The third-order valence-corrected chi connectivity index (χ3v) is 6.70. The van der Waals surface area contributed by atoms with Crippen LogP contribution in [0.5, 0.6) is 0 Å². The number of hydrogen-bond donors (Lipinski definition) is 0. The second kappa shape index (κ2) is 10.2. The molecular formula is C28H30F2N6O. The van der Waals surface area contributed by atoms with Crippen molar-refractivity contribution in [3.05, 3.63) is 77.2 Å². The van der Waals surface area contributed by atoms with Gasteiger partial charge in [-0.25, -0.2) is 23.4 Å². The first-order chi connectivity index (χ1) is 17.8. The normalized spacial score (nSPS) is 14.1. The van der Waals surface area contributed by atoms with E-state index in [1.165, 1.54) is 36.4 Å². The van der Waals surface area contributed by atoms with Gasteiger partial charge in [-0.3, -0.25) is 4.79 Å². The Morgan fingerprint density at radius 3 is 2.16 bits per heavy atom. The minimum atomic E-state index is -0.362. The van der Waals surface area contributed by atoms with E-state index in [1.54, 1.807) is 21.7 Å². The van der Waals surface area contributed by atoms with Crippen LogP contribution in [0.3, 0.4) is 0 Å². The van der Waals surface area contributed by atoms with Gasteiger partial charge in [0.15, 0.2) is 5.65 Å². The molecule has 0 saturated carbocycles. The molecule has 0 unspecified atom stereocenters. The molecule has 0 aliphatic carbocycles. The lowest BCUT2D eigenvalue weighted by Gasteiger charge is -2.35. The van der Waals surface area contributed by atoms with Crippen LogP contribution in [0.25, 0.3) is 16.7 Å². The molecule has 1 aliphatic heterocycles. The molecular weight excluding hydrogens is 474 g/mol. The summed E-state index contributed by atoms with van der Waals surface area (Å²) in [6.45, 7) is 8.51. The molecule has 0 atom stereocenters. The number of hydrogen-bond acceptors (Lipinski definition) is 5.